The molecule has 0 spiro atoms. The molecule has 130 valence electrons. The zero-order valence-corrected chi connectivity index (χ0v) is 14.3. The molecule has 2 aromatic rings. The van der Waals surface area contributed by atoms with E-state index in [9.17, 15) is 17.6 Å². The summed E-state index contributed by atoms with van der Waals surface area (Å²) >= 11 is 0. The first-order chi connectivity index (χ1) is 11.2. The van der Waals surface area contributed by atoms with E-state index in [1.54, 1.807) is 6.92 Å². The van der Waals surface area contributed by atoms with Crippen molar-refractivity contribution in [2.75, 3.05) is 11.3 Å². The van der Waals surface area contributed by atoms with Crippen LogP contribution in [0.15, 0.2) is 29.2 Å². The zero-order valence-electron chi connectivity index (χ0n) is 13.5. The van der Waals surface area contributed by atoms with Crippen molar-refractivity contribution < 1.29 is 22.3 Å². The van der Waals surface area contributed by atoms with Gasteiger partial charge in [-0.05, 0) is 31.0 Å². The predicted molar refractivity (Wildman–Crippen MR) is 85.8 cm³/mol. The Morgan fingerprint density at radius 3 is 2.67 bits per heavy atom. The summed E-state index contributed by atoms with van der Waals surface area (Å²) in [5.41, 5.74) is 0.678. The van der Waals surface area contributed by atoms with Crippen LogP contribution < -0.4 is 4.72 Å². The maximum atomic E-state index is 14.0. The van der Waals surface area contributed by atoms with Gasteiger partial charge in [0.05, 0.1) is 12.2 Å². The molecule has 0 saturated heterocycles. The lowest BCUT2D eigenvalue weighted by atomic mass is 10.1. The minimum absolute atomic E-state index is 0.0413. The van der Waals surface area contributed by atoms with Crippen LogP contribution in [0.4, 0.5) is 10.2 Å². The molecular formula is C15H18FN3O4S. The summed E-state index contributed by atoms with van der Waals surface area (Å²) in [5.74, 6) is -1.54. The second-order valence-electron chi connectivity index (χ2n) is 5.33. The van der Waals surface area contributed by atoms with E-state index in [0.29, 0.717) is 0 Å². The quantitative estimate of drug-likeness (QED) is 0.776. The zero-order chi connectivity index (χ0) is 17.9. The Morgan fingerprint density at radius 2 is 2.08 bits per heavy atom. The first-order valence-electron chi connectivity index (χ1n) is 7.29. The molecule has 24 heavy (non-hydrogen) atoms. The molecule has 0 bridgehead atoms. The summed E-state index contributed by atoms with van der Waals surface area (Å²) in [6, 6.07) is 4.53. The highest BCUT2D eigenvalue weighted by Crippen LogP contribution is 2.21. The van der Waals surface area contributed by atoms with Gasteiger partial charge in [-0.1, -0.05) is 13.8 Å². The van der Waals surface area contributed by atoms with Gasteiger partial charge in [0.1, 0.15) is 10.7 Å². The molecule has 1 aromatic heterocycles. The Morgan fingerprint density at radius 1 is 1.38 bits per heavy atom. The van der Waals surface area contributed by atoms with Crippen LogP contribution in [0.25, 0.3) is 0 Å². The number of benzene rings is 1. The number of aromatic amines is 1. The van der Waals surface area contributed by atoms with Gasteiger partial charge in [0.25, 0.3) is 10.0 Å². The molecule has 0 aliphatic carbocycles. The third-order valence-electron chi connectivity index (χ3n) is 3.19. The third kappa shape index (κ3) is 3.91. The van der Waals surface area contributed by atoms with Crippen LogP contribution >= 0.6 is 0 Å². The average Bonchev–Trinajstić information content (AvgIpc) is 2.95. The molecule has 0 aliphatic heterocycles. The molecule has 2 N–H and O–H groups in total. The fraction of sp³-hybridized carbons (Fsp3) is 0.333. The number of carbonyl (C=O) groups excluding carboxylic acids is 1. The van der Waals surface area contributed by atoms with E-state index in [4.69, 9.17) is 4.74 Å². The van der Waals surface area contributed by atoms with Crippen LogP contribution in [0.1, 0.15) is 42.7 Å². The van der Waals surface area contributed by atoms with Crippen LogP contribution in [-0.4, -0.2) is 31.2 Å². The molecule has 0 radical (unpaired) electrons. The monoisotopic (exact) mass is 355 g/mol. The maximum Gasteiger partial charge on any atom is 0.338 e. The first-order valence-corrected chi connectivity index (χ1v) is 8.77. The van der Waals surface area contributed by atoms with E-state index in [1.165, 1.54) is 6.07 Å². The lowest BCUT2D eigenvalue weighted by Gasteiger charge is -2.08. The highest BCUT2D eigenvalue weighted by Gasteiger charge is 2.23. The van der Waals surface area contributed by atoms with Crippen LogP contribution in [0, 0.1) is 5.82 Å². The number of sulfonamides is 1. The SMILES string of the molecule is CCOC(=O)c1ccc(F)c(S(=O)(=O)Nc2cc(C(C)C)[nH]n2)c1. The molecule has 0 aliphatic rings. The predicted octanol–water partition coefficient (Wildman–Crippen LogP) is 2.65. The van der Waals surface area contributed by atoms with Crippen molar-refractivity contribution in [2.45, 2.75) is 31.6 Å². The van der Waals surface area contributed by atoms with Crippen LogP contribution in [0.3, 0.4) is 0 Å². The van der Waals surface area contributed by atoms with Gasteiger partial charge in [-0.25, -0.2) is 17.6 Å². The van der Waals surface area contributed by atoms with Gasteiger partial charge in [0.15, 0.2) is 5.82 Å². The number of carbonyl (C=O) groups is 1. The van der Waals surface area contributed by atoms with Gasteiger partial charge in [-0.3, -0.25) is 9.82 Å². The molecule has 0 fully saturated rings. The number of nitrogens with zero attached hydrogens (tertiary/aromatic N) is 1. The lowest BCUT2D eigenvalue weighted by molar-refractivity contribution is 0.0526. The number of nitrogens with one attached hydrogen (secondary N) is 2. The lowest BCUT2D eigenvalue weighted by Crippen LogP contribution is -2.16. The second kappa shape index (κ2) is 7.00. The number of rotatable bonds is 6. The highest BCUT2D eigenvalue weighted by atomic mass is 32.2. The van der Waals surface area contributed by atoms with E-state index in [2.05, 4.69) is 14.9 Å². The van der Waals surface area contributed by atoms with Crippen molar-refractivity contribution in [3.05, 3.63) is 41.3 Å². The van der Waals surface area contributed by atoms with Crippen molar-refractivity contribution in [2.24, 2.45) is 0 Å². The van der Waals surface area contributed by atoms with E-state index in [-0.39, 0.29) is 23.9 Å². The third-order valence-corrected chi connectivity index (χ3v) is 4.56. The van der Waals surface area contributed by atoms with Crippen molar-refractivity contribution in [3.63, 3.8) is 0 Å². The van der Waals surface area contributed by atoms with E-state index in [1.807, 2.05) is 13.8 Å². The maximum absolute atomic E-state index is 14.0. The minimum Gasteiger partial charge on any atom is -0.462 e. The summed E-state index contributed by atoms with van der Waals surface area (Å²) in [5, 5.41) is 6.53. The van der Waals surface area contributed by atoms with Gasteiger partial charge in [-0.15, -0.1) is 0 Å². The molecular weight excluding hydrogens is 337 g/mol. The normalized spacial score (nSPS) is 11.5. The molecule has 0 amide bonds. The molecule has 2 rings (SSSR count). The molecule has 9 heteroatoms. The highest BCUT2D eigenvalue weighted by molar-refractivity contribution is 7.92. The van der Waals surface area contributed by atoms with E-state index in [0.717, 1.165) is 23.9 Å². The number of anilines is 1. The van der Waals surface area contributed by atoms with Crippen LogP contribution in [-0.2, 0) is 14.8 Å². The van der Waals surface area contributed by atoms with Gasteiger partial charge < -0.3 is 4.74 Å². The Hall–Kier alpha value is -2.42. The molecule has 1 heterocycles. The summed E-state index contributed by atoms with van der Waals surface area (Å²) in [4.78, 5) is 11.0. The Labute approximate surface area is 139 Å². The molecule has 1 aromatic carbocycles. The molecule has 0 saturated carbocycles. The van der Waals surface area contributed by atoms with E-state index >= 15 is 0 Å². The molecule has 0 atom stereocenters. The number of hydrogen-bond acceptors (Lipinski definition) is 5. The van der Waals surface area contributed by atoms with Crippen molar-refractivity contribution in [3.8, 4) is 0 Å². The van der Waals surface area contributed by atoms with Gasteiger partial charge >= 0.3 is 5.97 Å². The van der Waals surface area contributed by atoms with Gasteiger partial charge in [0, 0.05) is 11.8 Å². The summed E-state index contributed by atoms with van der Waals surface area (Å²) in [6.45, 7) is 5.56. The summed E-state index contributed by atoms with van der Waals surface area (Å²) in [6.07, 6.45) is 0. The Bertz CT molecular complexity index is 846. The minimum atomic E-state index is -4.24. The number of esters is 1. The molecule has 7 nitrogen and oxygen atoms in total. The number of H-pyrrole nitrogens is 1. The number of hydrogen-bond donors (Lipinski definition) is 2. The first kappa shape index (κ1) is 17.9. The average molecular weight is 355 g/mol. The van der Waals surface area contributed by atoms with Crippen molar-refractivity contribution in [1.82, 2.24) is 10.2 Å². The van der Waals surface area contributed by atoms with Crippen LogP contribution in [0.5, 0.6) is 0 Å². The molecule has 0 unspecified atom stereocenters. The standard InChI is InChI=1S/C15H18FN3O4S/c1-4-23-15(20)10-5-6-11(16)13(7-10)24(21,22)19-14-8-12(9(2)3)17-18-14/h5-9H,4H2,1-3H3,(H2,17,18,19). The summed E-state index contributed by atoms with van der Waals surface area (Å²) < 4.78 is 45.7. The van der Waals surface area contributed by atoms with Crippen molar-refractivity contribution in [1.29, 1.82) is 0 Å². The number of aromatic nitrogens is 2. The smallest absolute Gasteiger partial charge is 0.338 e. The fourth-order valence-corrected chi connectivity index (χ4v) is 3.02. The van der Waals surface area contributed by atoms with Gasteiger partial charge in [0.2, 0.25) is 0 Å². The second-order valence-corrected chi connectivity index (χ2v) is 6.99. The number of halogens is 1. The number of ether oxygens (including phenoxy) is 1. The largest absolute Gasteiger partial charge is 0.462 e. The Kier molecular flexibility index (Phi) is 5.23. The van der Waals surface area contributed by atoms with E-state index < -0.39 is 26.7 Å². The topological polar surface area (TPSA) is 101 Å². The van der Waals surface area contributed by atoms with Crippen LogP contribution in [0.2, 0.25) is 0 Å². The fourth-order valence-electron chi connectivity index (χ4n) is 1.93. The summed E-state index contributed by atoms with van der Waals surface area (Å²) in [7, 11) is -4.24. The van der Waals surface area contributed by atoms with Crippen molar-refractivity contribution >= 4 is 21.8 Å². The van der Waals surface area contributed by atoms with Gasteiger partial charge in [-0.2, -0.15) is 5.10 Å². The Balaban J connectivity index is 2.33.